The van der Waals surface area contributed by atoms with E-state index in [4.69, 9.17) is 0 Å². The van der Waals surface area contributed by atoms with E-state index in [1.54, 1.807) is 0 Å². The number of nitro groups is 1. The fraction of sp³-hybridized carbons (Fsp3) is 0.286. The first-order chi connectivity index (χ1) is 7.04. The van der Waals surface area contributed by atoms with Crippen molar-refractivity contribution in [1.29, 1.82) is 0 Å². The molecule has 0 amide bonds. The SMILES string of the molecule is COC(=O)Cn1cc([N+](=O)[O-])cnc1=O. The van der Waals surface area contributed by atoms with Crippen LogP contribution in [0.2, 0.25) is 0 Å². The standard InChI is InChI=1S/C7H7N3O5/c1-15-6(11)4-9-3-5(10(13)14)2-8-7(9)12/h2-3H,4H2,1H3. The molecule has 15 heavy (non-hydrogen) atoms. The molecular weight excluding hydrogens is 206 g/mol. The van der Waals surface area contributed by atoms with Crippen LogP contribution in [0.4, 0.5) is 5.69 Å². The predicted octanol–water partition coefficient (Wildman–Crippen LogP) is -0.675. The molecule has 0 bridgehead atoms. The lowest BCUT2D eigenvalue weighted by Crippen LogP contribution is -2.26. The third kappa shape index (κ3) is 2.59. The molecule has 0 atom stereocenters. The minimum absolute atomic E-state index is 0.362. The number of carbonyl (C=O) groups is 1. The van der Waals surface area contributed by atoms with Gasteiger partial charge in [0.2, 0.25) is 0 Å². The largest absolute Gasteiger partial charge is 0.468 e. The van der Waals surface area contributed by atoms with Crippen molar-refractivity contribution in [2.45, 2.75) is 6.54 Å². The van der Waals surface area contributed by atoms with Gasteiger partial charge in [-0.2, -0.15) is 4.98 Å². The van der Waals surface area contributed by atoms with Crippen LogP contribution in [0.5, 0.6) is 0 Å². The van der Waals surface area contributed by atoms with Crippen LogP contribution in [0.3, 0.4) is 0 Å². The molecule has 1 aromatic rings. The minimum atomic E-state index is -0.744. The van der Waals surface area contributed by atoms with Crippen molar-refractivity contribution in [2.75, 3.05) is 7.11 Å². The number of ether oxygens (including phenoxy) is 1. The van der Waals surface area contributed by atoms with E-state index in [1.165, 1.54) is 0 Å². The van der Waals surface area contributed by atoms with Crippen molar-refractivity contribution in [1.82, 2.24) is 9.55 Å². The molecule has 8 heteroatoms. The molecule has 0 saturated carbocycles. The van der Waals surface area contributed by atoms with Crippen molar-refractivity contribution < 1.29 is 14.5 Å². The van der Waals surface area contributed by atoms with Gasteiger partial charge in [-0.3, -0.25) is 19.5 Å². The Labute approximate surface area is 83.3 Å². The second-order valence-corrected chi connectivity index (χ2v) is 2.56. The van der Waals surface area contributed by atoms with Gasteiger partial charge < -0.3 is 4.74 Å². The summed E-state index contributed by atoms with van der Waals surface area (Å²) in [6.07, 6.45) is 1.77. The predicted molar refractivity (Wildman–Crippen MR) is 47.2 cm³/mol. The van der Waals surface area contributed by atoms with Gasteiger partial charge in [0.05, 0.1) is 18.2 Å². The van der Waals surface area contributed by atoms with Crippen LogP contribution in [0.1, 0.15) is 0 Å². The van der Waals surface area contributed by atoms with E-state index in [1.807, 2.05) is 0 Å². The monoisotopic (exact) mass is 213 g/mol. The van der Waals surface area contributed by atoms with E-state index in [2.05, 4.69) is 9.72 Å². The molecule has 0 saturated heterocycles. The third-order valence-corrected chi connectivity index (χ3v) is 1.58. The number of hydrogen-bond donors (Lipinski definition) is 0. The molecule has 0 aliphatic heterocycles. The van der Waals surface area contributed by atoms with Crippen LogP contribution >= 0.6 is 0 Å². The minimum Gasteiger partial charge on any atom is -0.468 e. The van der Waals surface area contributed by atoms with E-state index in [0.29, 0.717) is 0 Å². The Balaban J connectivity index is 3.06. The highest BCUT2D eigenvalue weighted by Gasteiger charge is 2.11. The molecule has 0 N–H and O–H groups in total. The Kier molecular flexibility index (Phi) is 3.11. The second kappa shape index (κ2) is 4.31. The summed E-state index contributed by atoms with van der Waals surface area (Å²) in [4.78, 5) is 34.8. The Morgan fingerprint density at radius 3 is 2.93 bits per heavy atom. The van der Waals surface area contributed by atoms with Crippen LogP contribution in [-0.4, -0.2) is 27.6 Å². The Bertz CT molecular complexity index is 452. The fourth-order valence-corrected chi connectivity index (χ4v) is 0.855. The van der Waals surface area contributed by atoms with Crippen molar-refractivity contribution in [3.8, 4) is 0 Å². The molecular formula is C7H7N3O5. The second-order valence-electron chi connectivity index (χ2n) is 2.56. The highest BCUT2D eigenvalue weighted by atomic mass is 16.6. The smallest absolute Gasteiger partial charge is 0.348 e. The lowest BCUT2D eigenvalue weighted by molar-refractivity contribution is -0.385. The van der Waals surface area contributed by atoms with Gasteiger partial charge in [0, 0.05) is 0 Å². The molecule has 0 aliphatic carbocycles. The van der Waals surface area contributed by atoms with E-state index in [0.717, 1.165) is 24.1 Å². The zero-order valence-electron chi connectivity index (χ0n) is 7.74. The van der Waals surface area contributed by atoms with Gasteiger partial charge in [-0.1, -0.05) is 0 Å². The van der Waals surface area contributed by atoms with Crippen LogP contribution in [0, 0.1) is 10.1 Å². The number of aromatic nitrogens is 2. The van der Waals surface area contributed by atoms with Crippen LogP contribution in [0.15, 0.2) is 17.2 Å². The lowest BCUT2D eigenvalue weighted by Gasteiger charge is -2.01. The molecule has 80 valence electrons. The van der Waals surface area contributed by atoms with Gasteiger partial charge in [-0.15, -0.1) is 0 Å². The van der Waals surface area contributed by atoms with Crippen LogP contribution < -0.4 is 5.69 Å². The molecule has 0 radical (unpaired) electrons. The molecule has 1 aromatic heterocycles. The Hall–Kier alpha value is -2.25. The van der Waals surface area contributed by atoms with E-state index in [-0.39, 0.29) is 5.69 Å². The summed E-state index contributed by atoms with van der Waals surface area (Å²) in [5, 5.41) is 10.4. The number of carbonyl (C=O) groups excluding carboxylic acids is 1. The van der Waals surface area contributed by atoms with Gasteiger partial charge in [0.15, 0.2) is 0 Å². The first-order valence-corrected chi connectivity index (χ1v) is 3.82. The lowest BCUT2D eigenvalue weighted by atomic mass is 10.5. The first kappa shape index (κ1) is 10.8. The number of nitrogens with zero attached hydrogens (tertiary/aromatic N) is 3. The Morgan fingerprint density at radius 1 is 1.73 bits per heavy atom. The Morgan fingerprint density at radius 2 is 2.40 bits per heavy atom. The van der Waals surface area contributed by atoms with Crippen LogP contribution in [0.25, 0.3) is 0 Å². The maximum atomic E-state index is 11.1. The van der Waals surface area contributed by atoms with Gasteiger partial charge in [0.25, 0.3) is 0 Å². The van der Waals surface area contributed by atoms with Crippen LogP contribution in [-0.2, 0) is 16.1 Å². The molecule has 8 nitrogen and oxygen atoms in total. The maximum Gasteiger partial charge on any atom is 0.348 e. The number of esters is 1. The molecule has 0 aromatic carbocycles. The van der Waals surface area contributed by atoms with Gasteiger partial charge in [0.1, 0.15) is 12.7 Å². The van der Waals surface area contributed by atoms with E-state index < -0.39 is 23.1 Å². The summed E-state index contributed by atoms with van der Waals surface area (Å²) in [5.41, 5.74) is -1.11. The zero-order chi connectivity index (χ0) is 11.4. The topological polar surface area (TPSA) is 104 Å². The zero-order valence-corrected chi connectivity index (χ0v) is 7.74. The van der Waals surface area contributed by atoms with E-state index in [9.17, 15) is 19.7 Å². The maximum absolute atomic E-state index is 11.1. The molecule has 0 fully saturated rings. The van der Waals surface area contributed by atoms with Crippen molar-refractivity contribution >= 4 is 11.7 Å². The number of methoxy groups -OCH3 is 1. The summed E-state index contributed by atoms with van der Waals surface area (Å²) in [5.74, 6) is -0.681. The van der Waals surface area contributed by atoms with Gasteiger partial charge in [-0.25, -0.2) is 4.79 Å². The normalized spacial score (nSPS) is 9.67. The number of hydrogen-bond acceptors (Lipinski definition) is 6. The fourth-order valence-electron chi connectivity index (χ4n) is 0.855. The average molecular weight is 213 g/mol. The van der Waals surface area contributed by atoms with Crippen molar-refractivity contribution in [2.24, 2.45) is 0 Å². The summed E-state index contributed by atoms with van der Waals surface area (Å²) in [6.45, 7) is -0.399. The summed E-state index contributed by atoms with van der Waals surface area (Å²) in [7, 11) is 1.15. The summed E-state index contributed by atoms with van der Waals surface area (Å²) >= 11 is 0. The first-order valence-electron chi connectivity index (χ1n) is 3.82. The molecule has 0 aliphatic rings. The average Bonchev–Trinajstić information content (AvgIpc) is 2.20. The highest BCUT2D eigenvalue weighted by molar-refractivity contribution is 5.68. The van der Waals surface area contributed by atoms with Gasteiger partial charge >= 0.3 is 17.3 Å². The highest BCUT2D eigenvalue weighted by Crippen LogP contribution is 2.04. The summed E-state index contributed by atoms with van der Waals surface area (Å²) in [6, 6.07) is 0. The molecule has 1 rings (SSSR count). The van der Waals surface area contributed by atoms with Crippen molar-refractivity contribution in [3.05, 3.63) is 33.0 Å². The van der Waals surface area contributed by atoms with Gasteiger partial charge in [-0.05, 0) is 0 Å². The third-order valence-electron chi connectivity index (χ3n) is 1.58. The molecule has 1 heterocycles. The van der Waals surface area contributed by atoms with E-state index >= 15 is 0 Å². The number of rotatable bonds is 3. The molecule has 0 spiro atoms. The summed E-state index contributed by atoms with van der Waals surface area (Å²) < 4.78 is 5.12. The molecule has 0 unspecified atom stereocenters. The quantitative estimate of drug-likeness (QED) is 0.374. The van der Waals surface area contributed by atoms with Crippen molar-refractivity contribution in [3.63, 3.8) is 0 Å².